The number of primary amides is 1. The zero-order valence-corrected chi connectivity index (χ0v) is 16.1. The van der Waals surface area contributed by atoms with E-state index in [1.54, 1.807) is 12.1 Å². The third-order valence-corrected chi connectivity index (χ3v) is 4.21. The van der Waals surface area contributed by atoms with E-state index in [1.807, 2.05) is 32.9 Å². The van der Waals surface area contributed by atoms with Crippen molar-refractivity contribution < 1.29 is 14.3 Å². The maximum atomic E-state index is 11.9. The summed E-state index contributed by atoms with van der Waals surface area (Å²) in [5.41, 5.74) is 5.95. The number of nitrogens with one attached hydrogen (secondary N) is 2. The van der Waals surface area contributed by atoms with Crippen LogP contribution in [0.15, 0.2) is 24.3 Å². The van der Waals surface area contributed by atoms with Gasteiger partial charge in [0.2, 0.25) is 5.91 Å². The molecule has 2 amide bonds. The van der Waals surface area contributed by atoms with Gasteiger partial charge in [-0.25, -0.2) is 4.79 Å². The van der Waals surface area contributed by atoms with Crippen LogP contribution in [0.1, 0.15) is 57.5 Å². The summed E-state index contributed by atoms with van der Waals surface area (Å²) in [4.78, 5) is 23.0. The molecule has 0 aromatic heterocycles. The predicted octanol–water partition coefficient (Wildman–Crippen LogP) is 2.81. The fourth-order valence-corrected chi connectivity index (χ4v) is 2.13. The molecule has 6 nitrogen and oxygen atoms in total. The van der Waals surface area contributed by atoms with Gasteiger partial charge in [-0.05, 0) is 51.3 Å². The Labute approximate surface area is 150 Å². The van der Waals surface area contributed by atoms with Crippen LogP contribution in [0.2, 0.25) is 0 Å². The summed E-state index contributed by atoms with van der Waals surface area (Å²) in [6.45, 7) is 12.8. The maximum Gasteiger partial charge on any atom is 0.407 e. The van der Waals surface area contributed by atoms with E-state index < -0.39 is 17.6 Å². The number of hydrogen-bond donors (Lipinski definition) is 3. The molecule has 1 rings (SSSR count). The Kier molecular flexibility index (Phi) is 6.99. The van der Waals surface area contributed by atoms with Crippen molar-refractivity contribution in [2.45, 2.75) is 59.2 Å². The molecule has 0 unspecified atom stereocenters. The van der Waals surface area contributed by atoms with Crippen LogP contribution in [0.5, 0.6) is 0 Å². The summed E-state index contributed by atoms with van der Waals surface area (Å²) >= 11 is 0. The van der Waals surface area contributed by atoms with Crippen LogP contribution >= 0.6 is 0 Å². The highest BCUT2D eigenvalue weighted by molar-refractivity contribution is 5.92. The first-order chi connectivity index (χ1) is 11.4. The third kappa shape index (κ3) is 7.13. The SMILES string of the molecule is CC(C)[C@@](C)(CNC(=O)OC(C)(C)C)NCc1ccc(C(N)=O)cc1. The van der Waals surface area contributed by atoms with Gasteiger partial charge < -0.3 is 21.1 Å². The molecule has 0 aliphatic rings. The summed E-state index contributed by atoms with van der Waals surface area (Å²) in [6, 6.07) is 7.17. The van der Waals surface area contributed by atoms with E-state index in [0.29, 0.717) is 18.7 Å². The van der Waals surface area contributed by atoms with Gasteiger partial charge in [0, 0.05) is 24.2 Å². The number of hydrogen-bond acceptors (Lipinski definition) is 4. The number of carbonyl (C=O) groups is 2. The number of nitrogens with two attached hydrogens (primary N) is 1. The minimum atomic E-state index is -0.520. The van der Waals surface area contributed by atoms with E-state index in [1.165, 1.54) is 0 Å². The van der Waals surface area contributed by atoms with Crippen LogP contribution < -0.4 is 16.4 Å². The van der Waals surface area contributed by atoms with Gasteiger partial charge in [0.25, 0.3) is 0 Å². The molecule has 0 radical (unpaired) electrons. The van der Waals surface area contributed by atoms with Gasteiger partial charge in [-0.15, -0.1) is 0 Å². The van der Waals surface area contributed by atoms with Crippen molar-refractivity contribution in [1.29, 1.82) is 0 Å². The number of ether oxygens (including phenoxy) is 1. The van der Waals surface area contributed by atoms with Crippen LogP contribution in [0.4, 0.5) is 4.79 Å². The lowest BCUT2D eigenvalue weighted by Gasteiger charge is -2.35. The predicted molar refractivity (Wildman–Crippen MR) is 99.3 cm³/mol. The number of alkyl carbamates (subject to hydrolysis) is 1. The average Bonchev–Trinajstić information content (AvgIpc) is 2.49. The molecule has 0 saturated heterocycles. The summed E-state index contributed by atoms with van der Waals surface area (Å²) in [7, 11) is 0. The molecule has 25 heavy (non-hydrogen) atoms. The second-order valence-corrected chi connectivity index (χ2v) is 7.84. The lowest BCUT2D eigenvalue weighted by Crippen LogP contribution is -2.55. The quantitative estimate of drug-likeness (QED) is 0.705. The number of rotatable bonds is 7. The molecule has 0 saturated carbocycles. The largest absolute Gasteiger partial charge is 0.444 e. The van der Waals surface area contributed by atoms with E-state index in [9.17, 15) is 9.59 Å². The second-order valence-electron chi connectivity index (χ2n) is 7.84. The highest BCUT2D eigenvalue weighted by Gasteiger charge is 2.29. The van der Waals surface area contributed by atoms with E-state index in [-0.39, 0.29) is 11.5 Å². The molecule has 0 fully saturated rings. The van der Waals surface area contributed by atoms with Gasteiger partial charge in [0.15, 0.2) is 0 Å². The van der Waals surface area contributed by atoms with E-state index in [4.69, 9.17) is 10.5 Å². The third-order valence-electron chi connectivity index (χ3n) is 4.21. The fraction of sp³-hybridized carbons (Fsp3) is 0.579. The number of amides is 2. The summed E-state index contributed by atoms with van der Waals surface area (Å²) < 4.78 is 5.29. The Balaban J connectivity index is 2.65. The Hall–Kier alpha value is -2.08. The Morgan fingerprint density at radius 3 is 2.12 bits per heavy atom. The molecule has 1 atom stereocenters. The van der Waals surface area contributed by atoms with Crippen LogP contribution in [0, 0.1) is 5.92 Å². The molecule has 140 valence electrons. The smallest absolute Gasteiger partial charge is 0.407 e. The monoisotopic (exact) mass is 349 g/mol. The highest BCUT2D eigenvalue weighted by Crippen LogP contribution is 2.17. The fourth-order valence-electron chi connectivity index (χ4n) is 2.13. The number of benzene rings is 1. The van der Waals surface area contributed by atoms with Gasteiger partial charge in [-0.2, -0.15) is 0 Å². The van der Waals surface area contributed by atoms with Crippen molar-refractivity contribution >= 4 is 12.0 Å². The molecular weight excluding hydrogens is 318 g/mol. The molecule has 4 N–H and O–H groups in total. The van der Waals surface area contributed by atoms with Crippen molar-refractivity contribution in [2.24, 2.45) is 11.7 Å². The van der Waals surface area contributed by atoms with Crippen molar-refractivity contribution in [3.8, 4) is 0 Å². The zero-order chi connectivity index (χ0) is 19.3. The van der Waals surface area contributed by atoms with Gasteiger partial charge in [0.05, 0.1) is 0 Å². The van der Waals surface area contributed by atoms with Gasteiger partial charge in [0.1, 0.15) is 5.60 Å². The summed E-state index contributed by atoms with van der Waals surface area (Å²) in [5, 5.41) is 6.33. The number of carbonyl (C=O) groups excluding carboxylic acids is 2. The first kappa shape index (κ1) is 21.0. The Morgan fingerprint density at radius 2 is 1.68 bits per heavy atom. The molecule has 0 aliphatic heterocycles. The highest BCUT2D eigenvalue weighted by atomic mass is 16.6. The van der Waals surface area contributed by atoms with Crippen molar-refractivity contribution in [1.82, 2.24) is 10.6 Å². The minimum absolute atomic E-state index is 0.285. The van der Waals surface area contributed by atoms with Gasteiger partial charge in [-0.3, -0.25) is 4.79 Å². The lowest BCUT2D eigenvalue weighted by atomic mass is 9.88. The molecule has 1 aromatic carbocycles. The van der Waals surface area contributed by atoms with E-state index in [2.05, 4.69) is 31.4 Å². The molecule has 6 heteroatoms. The Morgan fingerprint density at radius 1 is 1.12 bits per heavy atom. The Bertz CT molecular complexity index is 591. The summed E-state index contributed by atoms with van der Waals surface area (Å²) in [6.07, 6.45) is -0.424. The summed E-state index contributed by atoms with van der Waals surface area (Å²) in [5.74, 6) is -0.152. The van der Waals surface area contributed by atoms with Crippen molar-refractivity contribution in [2.75, 3.05) is 6.54 Å². The zero-order valence-electron chi connectivity index (χ0n) is 16.1. The van der Waals surface area contributed by atoms with Gasteiger partial charge >= 0.3 is 6.09 Å². The molecule has 0 spiro atoms. The molecule has 0 heterocycles. The first-order valence-electron chi connectivity index (χ1n) is 8.53. The second kappa shape index (κ2) is 8.34. The van der Waals surface area contributed by atoms with E-state index >= 15 is 0 Å². The van der Waals surface area contributed by atoms with Crippen molar-refractivity contribution in [3.05, 3.63) is 35.4 Å². The molecule has 1 aromatic rings. The van der Waals surface area contributed by atoms with Crippen LogP contribution in [0.3, 0.4) is 0 Å². The van der Waals surface area contributed by atoms with E-state index in [0.717, 1.165) is 5.56 Å². The maximum absolute atomic E-state index is 11.9. The first-order valence-corrected chi connectivity index (χ1v) is 8.53. The lowest BCUT2D eigenvalue weighted by molar-refractivity contribution is 0.0503. The van der Waals surface area contributed by atoms with Gasteiger partial charge in [-0.1, -0.05) is 26.0 Å². The molecule has 0 aliphatic carbocycles. The van der Waals surface area contributed by atoms with Crippen molar-refractivity contribution in [3.63, 3.8) is 0 Å². The molecular formula is C19H31N3O3. The van der Waals surface area contributed by atoms with Crippen LogP contribution in [-0.2, 0) is 11.3 Å². The van der Waals surface area contributed by atoms with Crippen LogP contribution in [-0.4, -0.2) is 29.7 Å². The normalized spacial score (nSPS) is 14.0. The topological polar surface area (TPSA) is 93.4 Å². The van der Waals surface area contributed by atoms with Crippen LogP contribution in [0.25, 0.3) is 0 Å². The standard InChI is InChI=1S/C19H31N3O3/c1-13(2)19(6,12-21-17(24)25-18(3,4)5)22-11-14-7-9-15(10-8-14)16(20)23/h7-10,13,22H,11-12H2,1-6H3,(H2,20,23)(H,21,24)/t19-/m1/s1. The average molecular weight is 349 g/mol. The minimum Gasteiger partial charge on any atom is -0.444 e. The molecule has 0 bridgehead atoms.